The highest BCUT2D eigenvalue weighted by molar-refractivity contribution is 8.23. The van der Waals surface area contributed by atoms with Crippen LogP contribution in [0.5, 0.6) is 0 Å². The molecule has 1 aromatic heterocycles. The second-order valence-corrected chi connectivity index (χ2v) is 6.55. The zero-order valence-corrected chi connectivity index (χ0v) is 12.3. The van der Waals surface area contributed by atoms with Crippen molar-refractivity contribution < 1.29 is 0 Å². The lowest BCUT2D eigenvalue weighted by Crippen LogP contribution is -2.04. The highest BCUT2D eigenvalue weighted by Gasteiger charge is 2.05. The molecular weight excluding hydrogens is 268 g/mol. The van der Waals surface area contributed by atoms with Gasteiger partial charge in [-0.2, -0.15) is 0 Å². The number of benzene rings is 1. The van der Waals surface area contributed by atoms with E-state index in [9.17, 15) is 0 Å². The summed E-state index contributed by atoms with van der Waals surface area (Å²) in [5, 5.41) is 4.08. The van der Waals surface area contributed by atoms with Crippen molar-refractivity contribution in [1.82, 2.24) is 4.98 Å². The molecule has 1 aromatic carbocycles. The summed E-state index contributed by atoms with van der Waals surface area (Å²) in [7, 11) is 0. The number of anilines is 1. The van der Waals surface area contributed by atoms with E-state index in [1.807, 2.05) is 0 Å². The van der Waals surface area contributed by atoms with Crippen molar-refractivity contribution >= 4 is 55.0 Å². The van der Waals surface area contributed by atoms with Crippen LogP contribution in [0.25, 0.3) is 10.2 Å². The van der Waals surface area contributed by atoms with Gasteiger partial charge in [0.25, 0.3) is 0 Å². The maximum atomic E-state index is 5.25. The summed E-state index contributed by atoms with van der Waals surface area (Å²) in [6, 6.07) is 6.28. The Kier molecular flexibility index (Phi) is 4.36. The molecule has 0 amide bonds. The van der Waals surface area contributed by atoms with E-state index in [1.54, 1.807) is 23.1 Å². The Hall–Kier alpha value is -0.650. The predicted molar refractivity (Wildman–Crippen MR) is 83.3 cm³/mol. The second-order valence-electron chi connectivity index (χ2n) is 3.75. The quantitative estimate of drug-likeness (QED) is 0.841. The van der Waals surface area contributed by atoms with Gasteiger partial charge in [-0.3, -0.25) is 0 Å². The minimum Gasteiger partial charge on any atom is -0.317 e. The largest absolute Gasteiger partial charge is 0.317 e. The summed E-state index contributed by atoms with van der Waals surface area (Å²) in [5.41, 5.74) is 2.29. The highest BCUT2D eigenvalue weighted by atomic mass is 32.2. The number of hydrogen-bond acceptors (Lipinski definition) is 4. The van der Waals surface area contributed by atoms with Crippen molar-refractivity contribution in [2.75, 3.05) is 11.1 Å². The molecular formula is C12H14N2S3. The predicted octanol–water partition coefficient (Wildman–Crippen LogP) is 4.44. The van der Waals surface area contributed by atoms with Crippen LogP contribution < -0.4 is 5.32 Å². The number of nitrogens with one attached hydrogen (secondary N) is 1. The lowest BCUT2D eigenvalue weighted by molar-refractivity contribution is 1.11. The molecule has 0 aliphatic heterocycles. The zero-order chi connectivity index (χ0) is 12.3. The Morgan fingerprint density at radius 2 is 2.35 bits per heavy atom. The zero-order valence-electron chi connectivity index (χ0n) is 9.82. The standard InChI is InChI=1S/C12H14N2S3/c1-3-6-16-12(15)14-11-13-9-5-4-8(2)7-10(9)17-11/h4-5,7H,3,6H2,1-2H3,(H,13,14,15). The fourth-order valence-corrected chi connectivity index (χ4v) is 3.41. The minimum absolute atomic E-state index is 0.808. The van der Waals surface area contributed by atoms with Crippen molar-refractivity contribution in [3.05, 3.63) is 23.8 Å². The maximum absolute atomic E-state index is 5.25. The fourth-order valence-electron chi connectivity index (χ4n) is 1.40. The molecule has 1 N–H and O–H groups in total. The number of aromatic nitrogens is 1. The van der Waals surface area contributed by atoms with E-state index < -0.39 is 0 Å². The van der Waals surface area contributed by atoms with Gasteiger partial charge in [0.15, 0.2) is 5.13 Å². The number of thioether (sulfide) groups is 1. The van der Waals surface area contributed by atoms with Crippen LogP contribution in [-0.4, -0.2) is 15.1 Å². The van der Waals surface area contributed by atoms with Crippen molar-refractivity contribution in [3.63, 3.8) is 0 Å². The minimum atomic E-state index is 0.808. The van der Waals surface area contributed by atoms with E-state index in [0.29, 0.717) is 0 Å². The summed E-state index contributed by atoms with van der Waals surface area (Å²) >= 11 is 8.57. The van der Waals surface area contributed by atoms with E-state index >= 15 is 0 Å². The summed E-state index contributed by atoms with van der Waals surface area (Å²) in [4.78, 5) is 4.51. The Morgan fingerprint density at radius 1 is 1.53 bits per heavy atom. The summed E-state index contributed by atoms with van der Waals surface area (Å²) < 4.78 is 2.01. The van der Waals surface area contributed by atoms with Gasteiger partial charge in [0.1, 0.15) is 4.32 Å². The molecule has 90 valence electrons. The number of hydrogen-bond donors (Lipinski definition) is 1. The monoisotopic (exact) mass is 282 g/mol. The second kappa shape index (κ2) is 5.80. The van der Waals surface area contributed by atoms with Gasteiger partial charge in [0, 0.05) is 0 Å². The van der Waals surface area contributed by atoms with Gasteiger partial charge >= 0.3 is 0 Å². The molecule has 0 unspecified atom stereocenters. The SMILES string of the molecule is CCCSC(=S)Nc1nc2ccc(C)cc2s1. The molecule has 2 rings (SSSR count). The molecule has 0 radical (unpaired) electrons. The van der Waals surface area contributed by atoms with Gasteiger partial charge < -0.3 is 5.32 Å². The first-order valence-electron chi connectivity index (χ1n) is 5.50. The lowest BCUT2D eigenvalue weighted by atomic mass is 10.2. The van der Waals surface area contributed by atoms with Gasteiger partial charge in [0.2, 0.25) is 0 Å². The van der Waals surface area contributed by atoms with Crippen LogP contribution >= 0.6 is 35.3 Å². The summed E-state index contributed by atoms with van der Waals surface area (Å²) in [6.45, 7) is 4.24. The molecule has 1 heterocycles. The van der Waals surface area contributed by atoms with Crippen LogP contribution in [-0.2, 0) is 0 Å². The molecule has 0 spiro atoms. The molecule has 0 saturated carbocycles. The number of thiazole rings is 1. The molecule has 0 aliphatic rings. The van der Waals surface area contributed by atoms with Crippen LogP contribution in [0.3, 0.4) is 0 Å². The first kappa shape index (κ1) is 12.8. The number of aryl methyl sites for hydroxylation is 1. The third-order valence-electron chi connectivity index (χ3n) is 2.19. The van der Waals surface area contributed by atoms with E-state index in [4.69, 9.17) is 12.2 Å². The normalized spacial score (nSPS) is 10.7. The number of nitrogens with zero attached hydrogens (tertiary/aromatic N) is 1. The topological polar surface area (TPSA) is 24.9 Å². The van der Waals surface area contributed by atoms with Crippen LogP contribution in [0.15, 0.2) is 18.2 Å². The van der Waals surface area contributed by atoms with E-state index in [-0.39, 0.29) is 0 Å². The molecule has 0 bridgehead atoms. The molecule has 0 fully saturated rings. The molecule has 2 nitrogen and oxygen atoms in total. The van der Waals surface area contributed by atoms with E-state index in [1.165, 1.54) is 10.3 Å². The Morgan fingerprint density at radius 3 is 3.12 bits per heavy atom. The van der Waals surface area contributed by atoms with Crippen molar-refractivity contribution in [2.24, 2.45) is 0 Å². The average Bonchev–Trinajstić information content (AvgIpc) is 2.67. The average molecular weight is 282 g/mol. The Labute approximate surface area is 115 Å². The van der Waals surface area contributed by atoms with Gasteiger partial charge in [-0.25, -0.2) is 4.98 Å². The van der Waals surface area contributed by atoms with Gasteiger partial charge in [-0.05, 0) is 36.8 Å². The molecule has 0 atom stereocenters. The van der Waals surface area contributed by atoms with Gasteiger partial charge in [-0.15, -0.1) is 0 Å². The van der Waals surface area contributed by atoms with Crippen LogP contribution in [0.1, 0.15) is 18.9 Å². The third-order valence-corrected chi connectivity index (χ3v) is 4.56. The molecule has 17 heavy (non-hydrogen) atoms. The number of fused-ring (bicyclic) bond motifs is 1. The highest BCUT2D eigenvalue weighted by Crippen LogP contribution is 2.27. The summed E-state index contributed by atoms with van der Waals surface area (Å²) in [6.07, 6.45) is 1.13. The van der Waals surface area contributed by atoms with Crippen molar-refractivity contribution in [1.29, 1.82) is 0 Å². The van der Waals surface area contributed by atoms with Crippen molar-refractivity contribution in [2.45, 2.75) is 20.3 Å². The summed E-state index contributed by atoms with van der Waals surface area (Å²) in [5.74, 6) is 1.05. The first-order valence-corrected chi connectivity index (χ1v) is 7.71. The molecule has 5 heteroatoms. The van der Waals surface area contributed by atoms with Crippen LogP contribution in [0, 0.1) is 6.92 Å². The molecule has 0 aliphatic carbocycles. The first-order chi connectivity index (χ1) is 8.19. The maximum Gasteiger partial charge on any atom is 0.189 e. The Balaban J connectivity index is 2.11. The smallest absolute Gasteiger partial charge is 0.189 e. The van der Waals surface area contributed by atoms with Crippen molar-refractivity contribution in [3.8, 4) is 0 Å². The number of thiocarbonyl (C=S) groups is 1. The fraction of sp³-hybridized carbons (Fsp3) is 0.333. The van der Waals surface area contributed by atoms with Crippen LogP contribution in [0.4, 0.5) is 5.13 Å². The van der Waals surface area contributed by atoms with Gasteiger partial charge in [-0.1, -0.05) is 48.3 Å². The van der Waals surface area contributed by atoms with E-state index in [2.05, 4.69) is 42.3 Å². The van der Waals surface area contributed by atoms with Gasteiger partial charge in [0.05, 0.1) is 10.2 Å². The number of rotatable bonds is 3. The molecule has 2 aromatic rings. The van der Waals surface area contributed by atoms with Crippen LogP contribution in [0.2, 0.25) is 0 Å². The Bertz CT molecular complexity index is 534. The van der Waals surface area contributed by atoms with E-state index in [0.717, 1.165) is 27.1 Å². The molecule has 0 saturated heterocycles. The lowest BCUT2D eigenvalue weighted by Gasteiger charge is -2.01. The third kappa shape index (κ3) is 3.40.